The number of hydrogen-bond acceptors (Lipinski definition) is 4. The van der Waals surface area contributed by atoms with Crippen LogP contribution >= 0.6 is 23.2 Å². The third-order valence-corrected chi connectivity index (χ3v) is 3.53. The van der Waals surface area contributed by atoms with Crippen molar-refractivity contribution in [1.29, 1.82) is 0 Å². The zero-order valence-corrected chi connectivity index (χ0v) is 12.1. The minimum Gasteiger partial charge on any atom is -0.489 e. The zero-order chi connectivity index (χ0) is 13.7. The van der Waals surface area contributed by atoms with Crippen LogP contribution in [0, 0.1) is 0 Å². The minimum absolute atomic E-state index is 0.227. The Morgan fingerprint density at radius 2 is 2.05 bits per heavy atom. The Hall–Kier alpha value is -0.520. The molecule has 0 saturated carbocycles. The molecular weight excluding hydrogens is 287 g/mol. The number of piperazine rings is 1. The van der Waals surface area contributed by atoms with Gasteiger partial charge in [-0.25, -0.2) is 0 Å². The third kappa shape index (κ3) is 4.82. The maximum absolute atomic E-state index is 9.95. The van der Waals surface area contributed by atoms with Gasteiger partial charge in [-0.3, -0.25) is 4.90 Å². The molecular formula is C13H18Cl2N2O2. The lowest BCUT2D eigenvalue weighted by atomic mass is 10.3. The number of benzene rings is 1. The minimum atomic E-state index is -0.523. The second-order valence-corrected chi connectivity index (χ2v) is 5.43. The van der Waals surface area contributed by atoms with Crippen molar-refractivity contribution in [2.45, 2.75) is 6.10 Å². The summed E-state index contributed by atoms with van der Waals surface area (Å²) in [4.78, 5) is 2.22. The molecule has 2 rings (SSSR count). The average Bonchev–Trinajstić information content (AvgIpc) is 2.39. The molecule has 2 N–H and O–H groups in total. The van der Waals surface area contributed by atoms with Gasteiger partial charge in [0.05, 0.1) is 5.02 Å². The van der Waals surface area contributed by atoms with Crippen LogP contribution < -0.4 is 10.1 Å². The van der Waals surface area contributed by atoms with Gasteiger partial charge in [0, 0.05) is 37.7 Å². The van der Waals surface area contributed by atoms with Gasteiger partial charge in [-0.15, -0.1) is 0 Å². The second kappa shape index (κ2) is 7.31. The number of nitrogens with one attached hydrogen (secondary N) is 1. The summed E-state index contributed by atoms with van der Waals surface area (Å²) in [6.45, 7) is 4.70. The first kappa shape index (κ1) is 14.9. The van der Waals surface area contributed by atoms with Gasteiger partial charge in [0.1, 0.15) is 18.5 Å². The van der Waals surface area contributed by atoms with Crippen LogP contribution in [-0.2, 0) is 0 Å². The van der Waals surface area contributed by atoms with Crippen LogP contribution in [0.1, 0.15) is 0 Å². The topological polar surface area (TPSA) is 44.7 Å². The number of halogens is 2. The second-order valence-electron chi connectivity index (χ2n) is 4.59. The normalized spacial score (nSPS) is 18.3. The molecule has 0 radical (unpaired) electrons. The number of nitrogens with zero attached hydrogens (tertiary/aromatic N) is 1. The molecule has 1 aromatic rings. The maximum Gasteiger partial charge on any atom is 0.138 e. The van der Waals surface area contributed by atoms with Crippen molar-refractivity contribution >= 4 is 23.2 Å². The Balaban J connectivity index is 1.77. The molecule has 4 nitrogen and oxygen atoms in total. The number of aliphatic hydroxyl groups excluding tert-OH is 1. The van der Waals surface area contributed by atoms with E-state index in [1.165, 1.54) is 0 Å². The van der Waals surface area contributed by atoms with Crippen molar-refractivity contribution in [2.75, 3.05) is 39.3 Å². The quantitative estimate of drug-likeness (QED) is 0.868. The van der Waals surface area contributed by atoms with E-state index in [9.17, 15) is 5.11 Å². The van der Waals surface area contributed by atoms with Crippen molar-refractivity contribution in [1.82, 2.24) is 10.2 Å². The number of β-amino-alcohol motifs (C(OH)–C–C–N with tert-alkyl or cyclic N) is 1. The van der Waals surface area contributed by atoms with E-state index >= 15 is 0 Å². The summed E-state index contributed by atoms with van der Waals surface area (Å²) in [5.41, 5.74) is 0. The first-order valence-corrected chi connectivity index (χ1v) is 7.10. The predicted molar refractivity (Wildman–Crippen MR) is 77.3 cm³/mol. The fraction of sp³-hybridized carbons (Fsp3) is 0.538. The van der Waals surface area contributed by atoms with E-state index in [0.29, 0.717) is 22.3 Å². The van der Waals surface area contributed by atoms with Gasteiger partial charge in [0.25, 0.3) is 0 Å². The largest absolute Gasteiger partial charge is 0.489 e. The lowest BCUT2D eigenvalue weighted by Crippen LogP contribution is -2.47. The molecule has 1 aromatic carbocycles. The van der Waals surface area contributed by atoms with Crippen LogP contribution in [0.2, 0.25) is 10.0 Å². The Labute approximate surface area is 123 Å². The van der Waals surface area contributed by atoms with Gasteiger partial charge in [-0.1, -0.05) is 23.2 Å². The molecule has 1 heterocycles. The highest BCUT2D eigenvalue weighted by atomic mass is 35.5. The highest BCUT2D eigenvalue weighted by Crippen LogP contribution is 2.27. The smallest absolute Gasteiger partial charge is 0.138 e. The van der Waals surface area contributed by atoms with Crippen molar-refractivity contribution < 1.29 is 9.84 Å². The summed E-state index contributed by atoms with van der Waals surface area (Å²) in [6.07, 6.45) is -0.523. The summed E-state index contributed by atoms with van der Waals surface area (Å²) in [6, 6.07) is 5.05. The molecule has 6 heteroatoms. The van der Waals surface area contributed by atoms with E-state index in [1.807, 2.05) is 0 Å². The molecule has 1 atom stereocenters. The maximum atomic E-state index is 9.95. The number of rotatable bonds is 5. The van der Waals surface area contributed by atoms with Crippen molar-refractivity contribution in [2.24, 2.45) is 0 Å². The van der Waals surface area contributed by atoms with Gasteiger partial charge in [0.2, 0.25) is 0 Å². The van der Waals surface area contributed by atoms with Crippen LogP contribution in [0.4, 0.5) is 0 Å². The predicted octanol–water partition coefficient (Wildman–Crippen LogP) is 1.64. The van der Waals surface area contributed by atoms with Gasteiger partial charge in [-0.05, 0) is 18.2 Å². The molecule has 1 unspecified atom stereocenters. The molecule has 0 aromatic heterocycles. The van der Waals surface area contributed by atoms with E-state index in [2.05, 4.69) is 10.2 Å². The summed E-state index contributed by atoms with van der Waals surface area (Å²) in [7, 11) is 0. The lowest BCUT2D eigenvalue weighted by molar-refractivity contribution is 0.0642. The molecule has 19 heavy (non-hydrogen) atoms. The third-order valence-electron chi connectivity index (χ3n) is 3.00. The summed E-state index contributed by atoms with van der Waals surface area (Å²) < 4.78 is 5.51. The Bertz CT molecular complexity index is 412. The standard InChI is InChI=1S/C13H18Cl2N2O2/c14-10-1-2-13(12(15)7-10)19-9-11(18)8-17-5-3-16-4-6-17/h1-2,7,11,16,18H,3-6,8-9H2. The number of hydrogen-bond donors (Lipinski definition) is 2. The van der Waals surface area contributed by atoms with Crippen LogP contribution in [-0.4, -0.2) is 55.4 Å². The molecule has 1 aliphatic heterocycles. The molecule has 1 saturated heterocycles. The highest BCUT2D eigenvalue weighted by molar-refractivity contribution is 6.35. The van der Waals surface area contributed by atoms with Gasteiger partial charge < -0.3 is 15.2 Å². The van der Waals surface area contributed by atoms with Crippen LogP contribution in [0.5, 0.6) is 5.75 Å². The van der Waals surface area contributed by atoms with Gasteiger partial charge in [-0.2, -0.15) is 0 Å². The van der Waals surface area contributed by atoms with Gasteiger partial charge >= 0.3 is 0 Å². The van der Waals surface area contributed by atoms with E-state index in [0.717, 1.165) is 26.2 Å². The molecule has 106 valence electrons. The lowest BCUT2D eigenvalue weighted by Gasteiger charge is -2.29. The number of aliphatic hydroxyl groups is 1. The van der Waals surface area contributed by atoms with Crippen molar-refractivity contribution in [3.05, 3.63) is 28.2 Å². The molecule has 0 spiro atoms. The van der Waals surface area contributed by atoms with Crippen molar-refractivity contribution in [3.63, 3.8) is 0 Å². The molecule has 1 aliphatic rings. The van der Waals surface area contributed by atoms with E-state index < -0.39 is 6.10 Å². The fourth-order valence-corrected chi connectivity index (χ4v) is 2.49. The van der Waals surface area contributed by atoms with Crippen LogP contribution in [0.15, 0.2) is 18.2 Å². The Kier molecular flexibility index (Phi) is 5.73. The number of ether oxygens (including phenoxy) is 1. The molecule has 0 aliphatic carbocycles. The van der Waals surface area contributed by atoms with E-state index in [4.69, 9.17) is 27.9 Å². The van der Waals surface area contributed by atoms with E-state index in [1.54, 1.807) is 18.2 Å². The van der Waals surface area contributed by atoms with Crippen LogP contribution in [0.25, 0.3) is 0 Å². The average molecular weight is 305 g/mol. The summed E-state index contributed by atoms with van der Waals surface area (Å²) in [5, 5.41) is 14.3. The monoisotopic (exact) mass is 304 g/mol. The molecule has 0 bridgehead atoms. The molecule has 0 amide bonds. The Morgan fingerprint density at radius 3 is 2.74 bits per heavy atom. The summed E-state index contributed by atoms with van der Waals surface area (Å²) >= 11 is 11.8. The first-order chi connectivity index (χ1) is 9.15. The summed E-state index contributed by atoms with van der Waals surface area (Å²) in [5.74, 6) is 0.547. The first-order valence-electron chi connectivity index (χ1n) is 6.34. The fourth-order valence-electron chi connectivity index (χ4n) is 2.02. The Morgan fingerprint density at radius 1 is 1.32 bits per heavy atom. The van der Waals surface area contributed by atoms with Crippen LogP contribution in [0.3, 0.4) is 0 Å². The van der Waals surface area contributed by atoms with E-state index in [-0.39, 0.29) is 6.61 Å². The van der Waals surface area contributed by atoms with Gasteiger partial charge in [0.15, 0.2) is 0 Å². The highest BCUT2D eigenvalue weighted by Gasteiger charge is 2.15. The SMILES string of the molecule is OC(COc1ccc(Cl)cc1Cl)CN1CCNCC1. The van der Waals surface area contributed by atoms with Crippen molar-refractivity contribution in [3.8, 4) is 5.75 Å². The zero-order valence-electron chi connectivity index (χ0n) is 10.6. The molecule has 1 fully saturated rings.